The maximum absolute atomic E-state index is 12.3. The molecule has 0 atom stereocenters. The molecule has 2 rings (SSSR count). The molecule has 1 saturated heterocycles. The Morgan fingerprint density at radius 1 is 1.00 bits per heavy atom. The zero-order valence-corrected chi connectivity index (χ0v) is 15.0. The van der Waals surface area contributed by atoms with Gasteiger partial charge in [0.15, 0.2) is 6.61 Å². The zero-order chi connectivity index (χ0) is 17.5. The summed E-state index contributed by atoms with van der Waals surface area (Å²) < 4.78 is 5.61. The first-order chi connectivity index (χ1) is 11.5. The van der Waals surface area contributed by atoms with Gasteiger partial charge in [-0.2, -0.15) is 0 Å². The van der Waals surface area contributed by atoms with Crippen molar-refractivity contribution < 1.29 is 14.3 Å². The Morgan fingerprint density at radius 3 is 2.21 bits per heavy atom. The minimum atomic E-state index is -0.0196. The van der Waals surface area contributed by atoms with Gasteiger partial charge in [-0.05, 0) is 43.5 Å². The quantitative estimate of drug-likeness (QED) is 0.804. The van der Waals surface area contributed by atoms with Crippen LogP contribution in [0.5, 0.6) is 5.75 Å². The molecule has 1 aromatic carbocycles. The van der Waals surface area contributed by atoms with E-state index in [4.69, 9.17) is 4.74 Å². The molecule has 1 aromatic rings. The highest BCUT2D eigenvalue weighted by Crippen LogP contribution is 2.16. The third-order valence-electron chi connectivity index (χ3n) is 4.57. The Labute approximate surface area is 144 Å². The molecule has 0 saturated carbocycles. The van der Waals surface area contributed by atoms with Gasteiger partial charge in [-0.25, -0.2) is 0 Å². The fourth-order valence-electron chi connectivity index (χ4n) is 2.73. The van der Waals surface area contributed by atoms with E-state index >= 15 is 0 Å². The van der Waals surface area contributed by atoms with Crippen molar-refractivity contribution in [2.24, 2.45) is 0 Å². The molecule has 0 bridgehead atoms. The van der Waals surface area contributed by atoms with Crippen LogP contribution in [0, 0.1) is 13.8 Å². The lowest BCUT2D eigenvalue weighted by Crippen LogP contribution is -2.51. The van der Waals surface area contributed by atoms with Crippen LogP contribution in [0.15, 0.2) is 18.2 Å². The summed E-state index contributed by atoms with van der Waals surface area (Å²) >= 11 is 0. The fourth-order valence-corrected chi connectivity index (χ4v) is 2.73. The Bertz CT molecular complexity index is 578. The summed E-state index contributed by atoms with van der Waals surface area (Å²) in [6.45, 7) is 8.63. The van der Waals surface area contributed by atoms with Gasteiger partial charge in [-0.15, -0.1) is 0 Å². The summed E-state index contributed by atoms with van der Waals surface area (Å²) in [5.41, 5.74) is 2.36. The van der Waals surface area contributed by atoms with E-state index in [-0.39, 0.29) is 18.4 Å². The smallest absolute Gasteiger partial charge is 0.260 e. The Morgan fingerprint density at radius 2 is 1.62 bits per heavy atom. The second-order valence-electron chi connectivity index (χ2n) is 6.40. The minimum absolute atomic E-state index is 0.0196. The van der Waals surface area contributed by atoms with Crippen molar-refractivity contribution in [3.8, 4) is 5.75 Å². The topological polar surface area (TPSA) is 49.9 Å². The van der Waals surface area contributed by atoms with Gasteiger partial charge in [0.1, 0.15) is 5.75 Å². The molecule has 2 amide bonds. The van der Waals surface area contributed by atoms with Crippen LogP contribution in [-0.2, 0) is 9.59 Å². The number of aryl methyl sites for hydroxylation is 2. The van der Waals surface area contributed by atoms with Gasteiger partial charge < -0.3 is 14.5 Å². The van der Waals surface area contributed by atoms with Gasteiger partial charge in [0.05, 0.1) is 0 Å². The summed E-state index contributed by atoms with van der Waals surface area (Å²) in [4.78, 5) is 27.9. The molecule has 0 spiro atoms. The number of hydrogen-bond acceptors (Lipinski definition) is 3. The molecule has 5 nitrogen and oxygen atoms in total. The molecule has 0 aromatic heterocycles. The molecule has 0 N–H and O–H groups in total. The first kappa shape index (κ1) is 18.3. The molecule has 5 heteroatoms. The number of rotatable bonds is 6. The van der Waals surface area contributed by atoms with Crippen molar-refractivity contribution in [3.63, 3.8) is 0 Å². The average Bonchev–Trinajstić information content (AvgIpc) is 2.60. The normalized spacial score (nSPS) is 14.6. The number of nitrogens with zero attached hydrogens (tertiary/aromatic N) is 2. The van der Waals surface area contributed by atoms with E-state index < -0.39 is 0 Å². The van der Waals surface area contributed by atoms with E-state index in [0.29, 0.717) is 32.6 Å². The largest absolute Gasteiger partial charge is 0.484 e. The van der Waals surface area contributed by atoms with Crippen LogP contribution < -0.4 is 4.74 Å². The number of carbonyl (C=O) groups excluding carboxylic acids is 2. The summed E-state index contributed by atoms with van der Waals surface area (Å²) in [7, 11) is 0. The number of ether oxygens (including phenoxy) is 1. The van der Waals surface area contributed by atoms with Crippen molar-refractivity contribution >= 4 is 11.8 Å². The van der Waals surface area contributed by atoms with Crippen molar-refractivity contribution in [3.05, 3.63) is 29.3 Å². The fraction of sp³-hybridized carbons (Fsp3) is 0.579. The predicted molar refractivity (Wildman–Crippen MR) is 94.1 cm³/mol. The first-order valence-electron chi connectivity index (χ1n) is 8.77. The SMILES string of the molecule is CCCCC(=O)N1CCN(C(=O)COc2ccc(C)c(C)c2)CC1. The number of amides is 2. The highest BCUT2D eigenvalue weighted by Gasteiger charge is 2.23. The van der Waals surface area contributed by atoms with E-state index in [1.807, 2.05) is 36.9 Å². The summed E-state index contributed by atoms with van der Waals surface area (Å²) in [5.74, 6) is 0.907. The molecule has 1 aliphatic heterocycles. The van der Waals surface area contributed by atoms with Crippen LogP contribution in [0.25, 0.3) is 0 Å². The second-order valence-corrected chi connectivity index (χ2v) is 6.40. The van der Waals surface area contributed by atoms with Crippen molar-refractivity contribution in [2.45, 2.75) is 40.0 Å². The van der Waals surface area contributed by atoms with E-state index in [2.05, 4.69) is 6.92 Å². The van der Waals surface area contributed by atoms with E-state index in [1.165, 1.54) is 5.56 Å². The monoisotopic (exact) mass is 332 g/mol. The Kier molecular flexibility index (Phi) is 6.64. The Hall–Kier alpha value is -2.04. The average molecular weight is 332 g/mol. The molecular formula is C19H28N2O3. The standard InChI is InChI=1S/C19H28N2O3/c1-4-5-6-18(22)20-9-11-21(12-10-20)19(23)14-24-17-8-7-15(2)16(3)13-17/h7-8,13H,4-6,9-12,14H2,1-3H3. The molecule has 1 fully saturated rings. The van der Waals surface area contributed by atoms with Crippen molar-refractivity contribution in [2.75, 3.05) is 32.8 Å². The van der Waals surface area contributed by atoms with Gasteiger partial charge in [0.2, 0.25) is 5.91 Å². The van der Waals surface area contributed by atoms with Crippen LogP contribution in [0.4, 0.5) is 0 Å². The molecule has 0 radical (unpaired) electrons. The zero-order valence-electron chi connectivity index (χ0n) is 15.0. The lowest BCUT2D eigenvalue weighted by atomic mass is 10.1. The maximum atomic E-state index is 12.3. The van der Waals surface area contributed by atoms with Crippen LogP contribution in [-0.4, -0.2) is 54.4 Å². The third-order valence-corrected chi connectivity index (χ3v) is 4.57. The molecule has 24 heavy (non-hydrogen) atoms. The number of piperazine rings is 1. The summed E-state index contributed by atoms with van der Waals surface area (Å²) in [6, 6.07) is 5.84. The van der Waals surface area contributed by atoms with Crippen LogP contribution in [0.2, 0.25) is 0 Å². The molecule has 132 valence electrons. The number of hydrogen-bond donors (Lipinski definition) is 0. The molecule has 0 unspecified atom stereocenters. The van der Waals surface area contributed by atoms with E-state index in [0.717, 1.165) is 24.2 Å². The van der Waals surface area contributed by atoms with Gasteiger partial charge >= 0.3 is 0 Å². The predicted octanol–water partition coefficient (Wildman–Crippen LogP) is 2.54. The summed E-state index contributed by atoms with van der Waals surface area (Å²) in [6.07, 6.45) is 2.57. The molecule has 1 heterocycles. The third kappa shape index (κ3) is 4.98. The number of unbranched alkanes of at least 4 members (excludes halogenated alkanes) is 1. The van der Waals surface area contributed by atoms with Gasteiger partial charge in [0.25, 0.3) is 5.91 Å². The van der Waals surface area contributed by atoms with Gasteiger partial charge in [0, 0.05) is 32.6 Å². The Balaban J connectivity index is 1.76. The van der Waals surface area contributed by atoms with Crippen LogP contribution in [0.3, 0.4) is 0 Å². The highest BCUT2D eigenvalue weighted by molar-refractivity contribution is 5.79. The lowest BCUT2D eigenvalue weighted by molar-refractivity contribution is -0.140. The summed E-state index contributed by atoms with van der Waals surface area (Å²) in [5, 5.41) is 0. The maximum Gasteiger partial charge on any atom is 0.260 e. The minimum Gasteiger partial charge on any atom is -0.484 e. The van der Waals surface area contributed by atoms with Crippen LogP contribution >= 0.6 is 0 Å². The van der Waals surface area contributed by atoms with Crippen molar-refractivity contribution in [1.82, 2.24) is 9.80 Å². The van der Waals surface area contributed by atoms with Gasteiger partial charge in [-0.3, -0.25) is 9.59 Å². The van der Waals surface area contributed by atoms with E-state index in [1.54, 1.807) is 4.90 Å². The highest BCUT2D eigenvalue weighted by atomic mass is 16.5. The van der Waals surface area contributed by atoms with Crippen molar-refractivity contribution in [1.29, 1.82) is 0 Å². The lowest BCUT2D eigenvalue weighted by Gasteiger charge is -2.34. The molecular weight excluding hydrogens is 304 g/mol. The van der Waals surface area contributed by atoms with Gasteiger partial charge in [-0.1, -0.05) is 19.4 Å². The van der Waals surface area contributed by atoms with E-state index in [9.17, 15) is 9.59 Å². The number of benzene rings is 1. The first-order valence-corrected chi connectivity index (χ1v) is 8.77. The van der Waals surface area contributed by atoms with Crippen LogP contribution in [0.1, 0.15) is 37.3 Å². The number of carbonyl (C=O) groups is 2. The second kappa shape index (κ2) is 8.71. The molecule has 1 aliphatic rings. The molecule has 0 aliphatic carbocycles.